The Kier molecular flexibility index (Phi) is 11.8. The molecule has 0 atom stereocenters. The number of hydrogen-bond acceptors (Lipinski definition) is 4. The number of amides is 1. The number of aliphatic imine (C=N–C) groups is 1. The lowest BCUT2D eigenvalue weighted by Crippen LogP contribution is -2.38. The molecule has 0 aromatic heterocycles. The Morgan fingerprint density at radius 2 is 1.79 bits per heavy atom. The molecule has 3 N–H and O–H groups in total. The lowest BCUT2D eigenvalue weighted by molar-refractivity contribution is 0.0636. The number of carbonyl (C=O) groups is 1. The van der Waals surface area contributed by atoms with E-state index in [-0.39, 0.29) is 0 Å². The molecular weight excluding hydrogens is 368 g/mol. The van der Waals surface area contributed by atoms with Gasteiger partial charge in [-0.1, -0.05) is 12.1 Å². The van der Waals surface area contributed by atoms with Crippen LogP contribution in [0.2, 0.25) is 0 Å². The summed E-state index contributed by atoms with van der Waals surface area (Å²) in [6.45, 7) is 13.6. The van der Waals surface area contributed by atoms with E-state index < -0.39 is 11.7 Å². The van der Waals surface area contributed by atoms with Crippen molar-refractivity contribution in [2.45, 2.75) is 59.5 Å². The number of guanidine groups is 1. The van der Waals surface area contributed by atoms with Gasteiger partial charge in [-0.05, 0) is 71.6 Å². The van der Waals surface area contributed by atoms with Gasteiger partial charge in [-0.15, -0.1) is 0 Å². The van der Waals surface area contributed by atoms with Crippen molar-refractivity contribution in [1.82, 2.24) is 10.6 Å². The largest absolute Gasteiger partial charge is 0.444 e. The summed E-state index contributed by atoms with van der Waals surface area (Å²) in [5.74, 6) is 0.840. The summed E-state index contributed by atoms with van der Waals surface area (Å²) in [5.41, 5.74) is 1.39. The average Bonchev–Trinajstić information content (AvgIpc) is 2.64. The van der Waals surface area contributed by atoms with E-state index >= 15 is 0 Å². The molecule has 1 amide bonds. The minimum Gasteiger partial charge on any atom is -0.444 e. The van der Waals surface area contributed by atoms with Crippen molar-refractivity contribution >= 4 is 17.7 Å². The number of rotatable bonds is 11. The second kappa shape index (κ2) is 13.8. The van der Waals surface area contributed by atoms with Crippen LogP contribution >= 0.6 is 0 Å². The lowest BCUT2D eigenvalue weighted by atomic mass is 10.1. The summed E-state index contributed by atoms with van der Waals surface area (Å²) < 4.78 is 10.6. The molecule has 0 saturated heterocycles. The fraction of sp³-hybridized carbons (Fsp3) is 0.636. The maximum Gasteiger partial charge on any atom is 0.412 e. The summed E-state index contributed by atoms with van der Waals surface area (Å²) in [6, 6.07) is 7.78. The fourth-order valence-corrected chi connectivity index (χ4v) is 2.49. The lowest BCUT2D eigenvalue weighted by Gasteiger charge is -2.19. The van der Waals surface area contributed by atoms with E-state index in [0.29, 0.717) is 0 Å². The first-order chi connectivity index (χ1) is 13.8. The van der Waals surface area contributed by atoms with Gasteiger partial charge in [0, 0.05) is 38.5 Å². The highest BCUT2D eigenvalue weighted by molar-refractivity contribution is 5.84. The molecule has 7 nitrogen and oxygen atoms in total. The molecular formula is C22H38N4O3. The van der Waals surface area contributed by atoms with Crippen LogP contribution in [0.25, 0.3) is 0 Å². The van der Waals surface area contributed by atoms with Gasteiger partial charge in [-0.3, -0.25) is 10.3 Å². The van der Waals surface area contributed by atoms with Crippen molar-refractivity contribution in [2.75, 3.05) is 38.2 Å². The minimum atomic E-state index is -0.509. The van der Waals surface area contributed by atoms with Crippen LogP contribution in [-0.2, 0) is 15.9 Å². The molecule has 0 aliphatic rings. The van der Waals surface area contributed by atoms with Gasteiger partial charge in [-0.2, -0.15) is 0 Å². The first kappa shape index (κ1) is 24.8. The molecule has 1 aromatic carbocycles. The van der Waals surface area contributed by atoms with Crippen LogP contribution in [0.5, 0.6) is 0 Å². The molecule has 1 aromatic rings. The van der Waals surface area contributed by atoms with E-state index in [1.165, 1.54) is 5.56 Å². The standard InChI is InChI=1S/C22H38N4O3/c1-6-23-20(24-15-8-9-17-28-7-2)25-16-14-18-10-12-19(13-11-18)26-21(27)29-22(3,4)5/h10-13H,6-9,14-17H2,1-5H3,(H,26,27)(H2,23,24,25). The molecule has 0 spiro atoms. The maximum atomic E-state index is 11.8. The van der Waals surface area contributed by atoms with Crippen LogP contribution < -0.4 is 16.0 Å². The number of ether oxygens (including phenoxy) is 2. The SMILES string of the molecule is CCNC(=NCCCCOCC)NCCc1ccc(NC(=O)OC(C)(C)C)cc1. The summed E-state index contributed by atoms with van der Waals surface area (Å²) in [5, 5.41) is 9.37. The van der Waals surface area contributed by atoms with E-state index in [1.54, 1.807) is 0 Å². The average molecular weight is 407 g/mol. The van der Waals surface area contributed by atoms with Crippen LogP contribution in [0.3, 0.4) is 0 Å². The first-order valence-electron chi connectivity index (χ1n) is 10.5. The van der Waals surface area contributed by atoms with Crippen LogP contribution in [0, 0.1) is 0 Å². The first-order valence-corrected chi connectivity index (χ1v) is 10.5. The maximum absolute atomic E-state index is 11.8. The zero-order valence-corrected chi connectivity index (χ0v) is 18.6. The van der Waals surface area contributed by atoms with Gasteiger partial charge in [-0.25, -0.2) is 4.79 Å². The molecule has 0 unspecified atom stereocenters. The van der Waals surface area contributed by atoms with Crippen LogP contribution in [0.4, 0.5) is 10.5 Å². The number of anilines is 1. The zero-order chi connectivity index (χ0) is 21.5. The smallest absolute Gasteiger partial charge is 0.412 e. The minimum absolute atomic E-state index is 0.445. The monoisotopic (exact) mass is 406 g/mol. The van der Waals surface area contributed by atoms with Gasteiger partial charge in [0.2, 0.25) is 0 Å². The number of hydrogen-bond donors (Lipinski definition) is 3. The summed E-state index contributed by atoms with van der Waals surface area (Å²) >= 11 is 0. The molecule has 7 heteroatoms. The summed E-state index contributed by atoms with van der Waals surface area (Å²) in [4.78, 5) is 16.4. The molecule has 0 bridgehead atoms. The Balaban J connectivity index is 2.38. The van der Waals surface area contributed by atoms with Gasteiger partial charge >= 0.3 is 6.09 Å². The normalized spacial score (nSPS) is 11.8. The summed E-state index contributed by atoms with van der Waals surface area (Å²) in [7, 11) is 0. The third kappa shape index (κ3) is 12.7. The van der Waals surface area contributed by atoms with Crippen molar-refractivity contribution in [1.29, 1.82) is 0 Å². The van der Waals surface area contributed by atoms with Crippen LogP contribution in [0.15, 0.2) is 29.3 Å². The third-order valence-corrected chi connectivity index (χ3v) is 3.82. The van der Waals surface area contributed by atoms with Gasteiger partial charge in [0.1, 0.15) is 5.60 Å². The van der Waals surface area contributed by atoms with E-state index in [1.807, 2.05) is 52.0 Å². The van der Waals surface area contributed by atoms with Crippen LogP contribution in [0.1, 0.15) is 53.0 Å². The summed E-state index contributed by atoms with van der Waals surface area (Å²) in [6.07, 6.45) is 2.46. The molecule has 1 rings (SSSR count). The van der Waals surface area contributed by atoms with Crippen molar-refractivity contribution < 1.29 is 14.3 Å². The molecule has 0 saturated carbocycles. The van der Waals surface area contributed by atoms with Crippen molar-refractivity contribution in [2.24, 2.45) is 4.99 Å². The van der Waals surface area contributed by atoms with Gasteiger partial charge in [0.25, 0.3) is 0 Å². The Morgan fingerprint density at radius 1 is 1.07 bits per heavy atom. The molecule has 29 heavy (non-hydrogen) atoms. The Bertz CT molecular complexity index is 609. The zero-order valence-electron chi connectivity index (χ0n) is 18.6. The van der Waals surface area contributed by atoms with Gasteiger partial charge in [0.05, 0.1) is 0 Å². The number of carbonyl (C=O) groups excluding carboxylic acids is 1. The highest BCUT2D eigenvalue weighted by atomic mass is 16.6. The Hall–Kier alpha value is -2.28. The molecule has 164 valence electrons. The molecule has 0 heterocycles. The van der Waals surface area contributed by atoms with E-state index in [4.69, 9.17) is 9.47 Å². The number of nitrogens with one attached hydrogen (secondary N) is 3. The number of unbranched alkanes of at least 4 members (excludes halogenated alkanes) is 1. The van der Waals surface area contributed by atoms with Crippen LogP contribution in [-0.4, -0.2) is 50.5 Å². The van der Waals surface area contributed by atoms with Gasteiger partial charge < -0.3 is 20.1 Å². The second-order valence-electron chi connectivity index (χ2n) is 7.67. The predicted octanol–water partition coefficient (Wildman–Crippen LogP) is 3.95. The second-order valence-corrected chi connectivity index (χ2v) is 7.67. The Morgan fingerprint density at radius 3 is 2.41 bits per heavy atom. The fourth-order valence-electron chi connectivity index (χ4n) is 2.49. The van der Waals surface area contributed by atoms with E-state index in [2.05, 4.69) is 27.9 Å². The van der Waals surface area contributed by atoms with E-state index in [9.17, 15) is 4.79 Å². The van der Waals surface area contributed by atoms with Crippen molar-refractivity contribution in [3.63, 3.8) is 0 Å². The number of benzene rings is 1. The molecule has 0 aliphatic carbocycles. The highest BCUT2D eigenvalue weighted by Gasteiger charge is 2.16. The topological polar surface area (TPSA) is 84.0 Å². The van der Waals surface area contributed by atoms with E-state index in [0.717, 1.165) is 63.8 Å². The van der Waals surface area contributed by atoms with Crippen molar-refractivity contribution in [3.8, 4) is 0 Å². The quantitative estimate of drug-likeness (QED) is 0.294. The highest BCUT2D eigenvalue weighted by Crippen LogP contribution is 2.13. The van der Waals surface area contributed by atoms with Crippen molar-refractivity contribution in [3.05, 3.63) is 29.8 Å². The third-order valence-electron chi connectivity index (χ3n) is 3.82. The predicted molar refractivity (Wildman–Crippen MR) is 120 cm³/mol. The molecule has 0 aliphatic heterocycles. The van der Waals surface area contributed by atoms with Gasteiger partial charge in [0.15, 0.2) is 5.96 Å². The Labute approximate surface area is 175 Å². The molecule has 0 fully saturated rings. The molecule has 0 radical (unpaired) electrons. The number of nitrogens with zero attached hydrogens (tertiary/aromatic N) is 1.